The van der Waals surface area contributed by atoms with Crippen molar-refractivity contribution in [3.63, 3.8) is 0 Å². The summed E-state index contributed by atoms with van der Waals surface area (Å²) in [6.45, 7) is 0. The van der Waals surface area contributed by atoms with E-state index < -0.39 is 0 Å². The van der Waals surface area contributed by atoms with Crippen LogP contribution < -0.4 is 24.8 Å². The Morgan fingerprint density at radius 2 is 1.43 bits per heavy atom. The molecule has 0 fully saturated rings. The molecule has 0 amide bonds. The highest BCUT2D eigenvalue weighted by molar-refractivity contribution is 5.60. The average molecular weight is 291 g/mol. The van der Waals surface area contributed by atoms with Crippen molar-refractivity contribution < 1.29 is 14.2 Å². The predicted octanol–water partition coefficient (Wildman–Crippen LogP) is 1.68. The number of hydrogen-bond acceptors (Lipinski definition) is 8. The van der Waals surface area contributed by atoms with Crippen LogP contribution in [0, 0.1) is 0 Å². The van der Waals surface area contributed by atoms with Crippen LogP contribution in [-0.2, 0) is 0 Å². The van der Waals surface area contributed by atoms with E-state index in [4.69, 9.17) is 14.2 Å². The van der Waals surface area contributed by atoms with Crippen LogP contribution in [0.5, 0.6) is 17.5 Å². The fourth-order valence-corrected chi connectivity index (χ4v) is 1.62. The van der Waals surface area contributed by atoms with Crippen LogP contribution in [0.4, 0.5) is 17.6 Å². The Kier molecular flexibility index (Phi) is 4.60. The van der Waals surface area contributed by atoms with Gasteiger partial charge in [-0.05, 0) is 0 Å². The molecule has 0 atom stereocenters. The second kappa shape index (κ2) is 6.60. The van der Waals surface area contributed by atoms with Gasteiger partial charge in [0.05, 0.1) is 21.3 Å². The normalized spacial score (nSPS) is 9.90. The lowest BCUT2D eigenvalue weighted by molar-refractivity contribution is 0.379. The van der Waals surface area contributed by atoms with Gasteiger partial charge in [-0.1, -0.05) is 0 Å². The fourth-order valence-electron chi connectivity index (χ4n) is 1.62. The molecule has 8 heteroatoms. The summed E-state index contributed by atoms with van der Waals surface area (Å²) in [4.78, 5) is 12.4. The van der Waals surface area contributed by atoms with Crippen molar-refractivity contribution in [3.05, 3.63) is 18.2 Å². The number of anilines is 3. The number of methoxy groups -OCH3 is 3. The van der Waals surface area contributed by atoms with E-state index in [1.54, 1.807) is 39.5 Å². The molecule has 0 saturated carbocycles. The maximum Gasteiger partial charge on any atom is 0.322 e. The molecule has 0 saturated heterocycles. The Bertz CT molecular complexity index is 523. The van der Waals surface area contributed by atoms with Gasteiger partial charge in [0.2, 0.25) is 11.9 Å². The van der Waals surface area contributed by atoms with Crippen molar-refractivity contribution >= 4 is 17.6 Å². The first-order valence-electron chi connectivity index (χ1n) is 6.16. The lowest BCUT2D eigenvalue weighted by atomic mass is 10.3. The van der Waals surface area contributed by atoms with Crippen molar-refractivity contribution in [2.75, 3.05) is 39.0 Å². The second-order valence-corrected chi connectivity index (χ2v) is 3.95. The number of nitrogens with zero attached hydrogens (tertiary/aromatic N) is 3. The lowest BCUT2D eigenvalue weighted by Crippen LogP contribution is -2.05. The minimum absolute atomic E-state index is 0.215. The Labute approximate surface area is 122 Å². The number of rotatable bonds is 6. The van der Waals surface area contributed by atoms with E-state index in [0.29, 0.717) is 23.4 Å². The quantitative estimate of drug-likeness (QED) is 0.831. The first kappa shape index (κ1) is 14.6. The smallest absolute Gasteiger partial charge is 0.322 e. The second-order valence-electron chi connectivity index (χ2n) is 3.95. The maximum absolute atomic E-state index is 5.21. The molecule has 21 heavy (non-hydrogen) atoms. The van der Waals surface area contributed by atoms with Gasteiger partial charge < -0.3 is 24.8 Å². The van der Waals surface area contributed by atoms with Gasteiger partial charge in [-0.3, -0.25) is 0 Å². The van der Waals surface area contributed by atoms with Gasteiger partial charge in [-0.2, -0.15) is 15.0 Å². The predicted molar refractivity (Wildman–Crippen MR) is 78.8 cm³/mol. The van der Waals surface area contributed by atoms with E-state index in [1.165, 1.54) is 7.11 Å². The zero-order chi connectivity index (χ0) is 15.2. The molecule has 2 N–H and O–H groups in total. The largest absolute Gasteiger partial charge is 0.497 e. The highest BCUT2D eigenvalue weighted by Gasteiger charge is 2.08. The van der Waals surface area contributed by atoms with Crippen molar-refractivity contribution in [2.45, 2.75) is 0 Å². The third kappa shape index (κ3) is 3.62. The van der Waals surface area contributed by atoms with Crippen LogP contribution in [0.1, 0.15) is 0 Å². The highest BCUT2D eigenvalue weighted by atomic mass is 16.5. The van der Waals surface area contributed by atoms with Crippen molar-refractivity contribution in [1.29, 1.82) is 0 Å². The van der Waals surface area contributed by atoms with Crippen molar-refractivity contribution in [1.82, 2.24) is 15.0 Å². The molecule has 0 aliphatic rings. The summed E-state index contributed by atoms with van der Waals surface area (Å²) in [5.74, 6) is 2.07. The maximum atomic E-state index is 5.21. The summed E-state index contributed by atoms with van der Waals surface area (Å²) in [5.41, 5.74) is 0.724. The Morgan fingerprint density at radius 3 is 1.95 bits per heavy atom. The topological polar surface area (TPSA) is 90.4 Å². The third-order valence-corrected chi connectivity index (χ3v) is 2.63. The highest BCUT2D eigenvalue weighted by Crippen LogP contribution is 2.27. The van der Waals surface area contributed by atoms with Crippen molar-refractivity contribution in [2.24, 2.45) is 0 Å². The van der Waals surface area contributed by atoms with Crippen LogP contribution in [0.15, 0.2) is 18.2 Å². The Morgan fingerprint density at radius 1 is 0.810 bits per heavy atom. The van der Waals surface area contributed by atoms with Crippen LogP contribution in [0.3, 0.4) is 0 Å². The summed E-state index contributed by atoms with van der Waals surface area (Å²) < 4.78 is 15.5. The van der Waals surface area contributed by atoms with E-state index in [-0.39, 0.29) is 6.01 Å². The van der Waals surface area contributed by atoms with Crippen molar-refractivity contribution in [3.8, 4) is 17.5 Å². The van der Waals surface area contributed by atoms with E-state index in [2.05, 4.69) is 25.6 Å². The van der Waals surface area contributed by atoms with Gasteiger partial charge in [0.15, 0.2) is 0 Å². The molecule has 1 heterocycles. The zero-order valence-corrected chi connectivity index (χ0v) is 12.3. The fraction of sp³-hybridized carbons (Fsp3) is 0.308. The molecule has 112 valence electrons. The minimum Gasteiger partial charge on any atom is -0.497 e. The molecule has 0 bridgehead atoms. The summed E-state index contributed by atoms with van der Waals surface area (Å²) in [5, 5.41) is 5.90. The number of ether oxygens (including phenoxy) is 3. The van der Waals surface area contributed by atoms with Gasteiger partial charge in [0.25, 0.3) is 0 Å². The summed E-state index contributed by atoms with van der Waals surface area (Å²) in [7, 11) is 6.38. The van der Waals surface area contributed by atoms with Gasteiger partial charge in [0.1, 0.15) is 11.5 Å². The number of hydrogen-bond donors (Lipinski definition) is 2. The van der Waals surface area contributed by atoms with Crippen LogP contribution in [0.25, 0.3) is 0 Å². The SMILES string of the molecule is CNc1nc(Nc2cc(OC)cc(OC)c2)nc(OC)n1. The summed E-state index contributed by atoms with van der Waals surface area (Å²) in [6, 6.07) is 5.60. The molecule has 0 spiro atoms. The Hall–Kier alpha value is -2.77. The molecule has 0 aliphatic carbocycles. The molecular formula is C13H17N5O3. The summed E-state index contributed by atoms with van der Waals surface area (Å²) in [6.07, 6.45) is 0. The van der Waals surface area contributed by atoms with Crippen LogP contribution in [-0.4, -0.2) is 43.3 Å². The molecular weight excluding hydrogens is 274 g/mol. The zero-order valence-electron chi connectivity index (χ0n) is 12.3. The number of benzene rings is 1. The standard InChI is InChI=1S/C13H17N5O3/c1-14-11-16-12(18-13(17-11)21-4)15-8-5-9(19-2)7-10(6-8)20-3/h5-7H,1-4H3,(H2,14,15,16,17,18). The molecule has 2 aromatic rings. The molecule has 8 nitrogen and oxygen atoms in total. The molecule has 1 aromatic heterocycles. The number of aromatic nitrogens is 3. The van der Waals surface area contributed by atoms with E-state index in [1.807, 2.05) is 0 Å². The van der Waals surface area contributed by atoms with Gasteiger partial charge >= 0.3 is 6.01 Å². The van der Waals surface area contributed by atoms with Crippen LogP contribution in [0.2, 0.25) is 0 Å². The third-order valence-electron chi connectivity index (χ3n) is 2.63. The van der Waals surface area contributed by atoms with E-state index in [9.17, 15) is 0 Å². The molecule has 0 aliphatic heterocycles. The molecule has 0 radical (unpaired) electrons. The number of nitrogens with one attached hydrogen (secondary N) is 2. The minimum atomic E-state index is 0.215. The molecule has 1 aromatic carbocycles. The molecule has 2 rings (SSSR count). The van der Waals surface area contributed by atoms with Gasteiger partial charge in [-0.15, -0.1) is 0 Å². The van der Waals surface area contributed by atoms with E-state index in [0.717, 1.165) is 5.69 Å². The monoisotopic (exact) mass is 291 g/mol. The molecule has 0 unspecified atom stereocenters. The van der Waals surface area contributed by atoms with Gasteiger partial charge in [-0.25, -0.2) is 0 Å². The summed E-state index contributed by atoms with van der Waals surface area (Å²) >= 11 is 0. The van der Waals surface area contributed by atoms with Gasteiger partial charge in [0, 0.05) is 30.9 Å². The first-order valence-corrected chi connectivity index (χ1v) is 6.16. The first-order chi connectivity index (χ1) is 10.2. The average Bonchev–Trinajstić information content (AvgIpc) is 2.53. The Balaban J connectivity index is 2.32. The van der Waals surface area contributed by atoms with E-state index >= 15 is 0 Å². The lowest BCUT2D eigenvalue weighted by Gasteiger charge is -2.10. The van der Waals surface area contributed by atoms with Crippen LogP contribution >= 0.6 is 0 Å².